The molecule has 2 fully saturated rings. The van der Waals surface area contributed by atoms with Gasteiger partial charge in [-0.15, -0.1) is 0 Å². The number of aliphatic hydroxyl groups is 1. The highest BCUT2D eigenvalue weighted by atomic mass is 79.9. The van der Waals surface area contributed by atoms with Crippen LogP contribution in [0.2, 0.25) is 0 Å². The minimum Gasteiger partial charge on any atom is -0.444 e. The summed E-state index contributed by atoms with van der Waals surface area (Å²) in [5.74, 6) is 0. The average molecular weight is 397 g/mol. The van der Waals surface area contributed by atoms with E-state index in [1.807, 2.05) is 39.0 Å². The summed E-state index contributed by atoms with van der Waals surface area (Å²) in [6.45, 7) is 6.98. The van der Waals surface area contributed by atoms with Crippen molar-refractivity contribution in [2.45, 2.75) is 57.7 Å². The van der Waals surface area contributed by atoms with Crippen LogP contribution in [-0.4, -0.2) is 39.8 Å². The molecule has 0 aromatic carbocycles. The average Bonchev–Trinajstić information content (AvgIpc) is 3.03. The fourth-order valence-electron chi connectivity index (χ4n) is 3.92. The van der Waals surface area contributed by atoms with Crippen LogP contribution in [0.15, 0.2) is 22.8 Å². The van der Waals surface area contributed by atoms with Gasteiger partial charge in [0, 0.05) is 13.1 Å². The summed E-state index contributed by atoms with van der Waals surface area (Å²) < 4.78 is 6.22. The Hall–Kier alpha value is -1.14. The predicted octanol–water partition coefficient (Wildman–Crippen LogP) is 3.84. The molecule has 0 radical (unpaired) electrons. The zero-order valence-corrected chi connectivity index (χ0v) is 16.1. The summed E-state index contributed by atoms with van der Waals surface area (Å²) in [6, 6.07) is 5.64. The minimum absolute atomic E-state index is 0.0321. The summed E-state index contributed by atoms with van der Waals surface area (Å²) in [7, 11) is 0. The first-order valence-corrected chi connectivity index (χ1v) is 9.24. The topological polar surface area (TPSA) is 62.7 Å². The number of aromatic nitrogens is 1. The Morgan fingerprint density at radius 2 is 2.08 bits per heavy atom. The van der Waals surface area contributed by atoms with Crippen LogP contribution in [0.4, 0.5) is 4.79 Å². The number of amides is 1. The number of carbonyl (C=O) groups excluding carboxylic acids is 1. The molecule has 1 aliphatic carbocycles. The number of rotatable bonds is 1. The van der Waals surface area contributed by atoms with Crippen LogP contribution in [0.3, 0.4) is 0 Å². The van der Waals surface area contributed by atoms with Crippen molar-refractivity contribution in [1.82, 2.24) is 9.88 Å². The molecule has 0 bridgehead atoms. The number of pyridine rings is 1. The largest absolute Gasteiger partial charge is 0.444 e. The second kappa shape index (κ2) is 5.99. The molecule has 6 heteroatoms. The zero-order chi connectivity index (χ0) is 17.6. The fraction of sp³-hybridized carbons (Fsp3) is 0.667. The lowest BCUT2D eigenvalue weighted by Crippen LogP contribution is -2.37. The Bertz CT molecular complexity index is 645. The number of hydrogen-bond donors (Lipinski definition) is 1. The number of carbonyl (C=O) groups is 1. The van der Waals surface area contributed by atoms with Crippen LogP contribution in [-0.2, 0) is 10.3 Å². The van der Waals surface area contributed by atoms with Gasteiger partial charge in [-0.05, 0) is 79.9 Å². The molecule has 1 aliphatic heterocycles. The van der Waals surface area contributed by atoms with E-state index in [0.29, 0.717) is 31.6 Å². The molecule has 1 saturated heterocycles. The minimum atomic E-state index is -0.909. The lowest BCUT2D eigenvalue weighted by molar-refractivity contribution is 0.0188. The Labute approximate surface area is 151 Å². The van der Waals surface area contributed by atoms with Crippen molar-refractivity contribution < 1.29 is 14.6 Å². The monoisotopic (exact) mass is 396 g/mol. The predicted molar refractivity (Wildman–Crippen MR) is 94.5 cm³/mol. The lowest BCUT2D eigenvalue weighted by atomic mass is 9.83. The van der Waals surface area contributed by atoms with Crippen LogP contribution < -0.4 is 0 Å². The van der Waals surface area contributed by atoms with E-state index in [9.17, 15) is 9.90 Å². The van der Waals surface area contributed by atoms with Gasteiger partial charge in [0.15, 0.2) is 0 Å². The first-order chi connectivity index (χ1) is 11.1. The van der Waals surface area contributed by atoms with Crippen LogP contribution >= 0.6 is 15.9 Å². The summed E-state index contributed by atoms with van der Waals surface area (Å²) in [4.78, 5) is 18.5. The Morgan fingerprint density at radius 1 is 1.33 bits per heavy atom. The molecule has 1 amide bonds. The van der Waals surface area contributed by atoms with Gasteiger partial charge in [-0.3, -0.25) is 0 Å². The number of hydrogen-bond acceptors (Lipinski definition) is 4. The maximum atomic E-state index is 12.3. The second-order valence-electron chi connectivity index (χ2n) is 8.21. The van der Waals surface area contributed by atoms with E-state index >= 15 is 0 Å². The molecule has 24 heavy (non-hydrogen) atoms. The molecule has 1 aromatic rings. The molecule has 5 nitrogen and oxygen atoms in total. The van der Waals surface area contributed by atoms with Crippen molar-refractivity contribution in [3.05, 3.63) is 28.5 Å². The van der Waals surface area contributed by atoms with E-state index in [4.69, 9.17) is 4.74 Å². The zero-order valence-electron chi connectivity index (χ0n) is 14.5. The first-order valence-electron chi connectivity index (χ1n) is 8.44. The van der Waals surface area contributed by atoms with Crippen LogP contribution in [0.1, 0.15) is 52.1 Å². The third-order valence-electron chi connectivity index (χ3n) is 5.02. The highest BCUT2D eigenvalue weighted by molar-refractivity contribution is 9.10. The van der Waals surface area contributed by atoms with Gasteiger partial charge >= 0.3 is 6.09 Å². The maximum Gasteiger partial charge on any atom is 0.410 e. The van der Waals surface area contributed by atoms with Crippen molar-refractivity contribution in [3.8, 4) is 0 Å². The molecule has 1 saturated carbocycles. The quantitative estimate of drug-likeness (QED) is 0.732. The van der Waals surface area contributed by atoms with E-state index in [0.717, 1.165) is 17.4 Å². The van der Waals surface area contributed by atoms with E-state index in [2.05, 4.69) is 20.9 Å². The van der Waals surface area contributed by atoms with Crippen LogP contribution in [0, 0.1) is 5.41 Å². The highest BCUT2D eigenvalue weighted by Gasteiger charge is 2.52. The van der Waals surface area contributed by atoms with Crippen molar-refractivity contribution in [2.75, 3.05) is 13.1 Å². The van der Waals surface area contributed by atoms with Gasteiger partial charge in [-0.2, -0.15) is 0 Å². The molecule has 2 heterocycles. The molecule has 2 atom stereocenters. The molecule has 1 N–H and O–H groups in total. The van der Waals surface area contributed by atoms with E-state index in [-0.39, 0.29) is 11.5 Å². The summed E-state index contributed by atoms with van der Waals surface area (Å²) >= 11 is 3.37. The van der Waals surface area contributed by atoms with E-state index in [1.54, 1.807) is 4.90 Å². The smallest absolute Gasteiger partial charge is 0.410 e. The summed E-state index contributed by atoms with van der Waals surface area (Å²) in [5.41, 5.74) is -0.711. The maximum absolute atomic E-state index is 12.3. The highest BCUT2D eigenvalue weighted by Crippen LogP contribution is 2.53. The van der Waals surface area contributed by atoms with Gasteiger partial charge < -0.3 is 14.7 Å². The van der Waals surface area contributed by atoms with Crippen molar-refractivity contribution >= 4 is 22.0 Å². The number of likely N-dealkylation sites (tertiary alicyclic amines) is 1. The van der Waals surface area contributed by atoms with Crippen LogP contribution in [0.25, 0.3) is 0 Å². The normalized spacial score (nSPS) is 30.1. The molecular weight excluding hydrogens is 372 g/mol. The van der Waals surface area contributed by atoms with Crippen molar-refractivity contribution in [3.63, 3.8) is 0 Å². The lowest BCUT2D eigenvalue weighted by Gasteiger charge is -2.28. The third kappa shape index (κ3) is 3.59. The van der Waals surface area contributed by atoms with Gasteiger partial charge in [0.2, 0.25) is 0 Å². The number of nitrogens with zero attached hydrogens (tertiary/aromatic N) is 2. The van der Waals surface area contributed by atoms with Crippen molar-refractivity contribution in [1.29, 1.82) is 0 Å². The molecule has 1 spiro atoms. The van der Waals surface area contributed by atoms with Crippen molar-refractivity contribution in [2.24, 2.45) is 5.41 Å². The molecule has 3 rings (SSSR count). The Kier molecular flexibility index (Phi) is 4.41. The summed E-state index contributed by atoms with van der Waals surface area (Å²) in [6.07, 6.45) is 2.87. The Balaban J connectivity index is 1.70. The number of ether oxygens (including phenoxy) is 1. The SMILES string of the molecule is CC(C)(C)OC(=O)N1CCC2(CCC(O)(c3cccc(Br)n3)C2)C1. The van der Waals surface area contributed by atoms with E-state index in [1.165, 1.54) is 0 Å². The fourth-order valence-corrected chi connectivity index (χ4v) is 4.26. The molecule has 2 aliphatic rings. The molecular formula is C18H25BrN2O3. The first kappa shape index (κ1) is 17.7. The van der Waals surface area contributed by atoms with Crippen LogP contribution in [0.5, 0.6) is 0 Å². The summed E-state index contributed by atoms with van der Waals surface area (Å²) in [5, 5.41) is 11.1. The van der Waals surface area contributed by atoms with Gasteiger partial charge in [0.05, 0.1) is 5.69 Å². The molecule has 2 unspecified atom stereocenters. The second-order valence-corrected chi connectivity index (χ2v) is 9.02. The van der Waals surface area contributed by atoms with Gasteiger partial charge in [0.1, 0.15) is 15.8 Å². The van der Waals surface area contributed by atoms with E-state index < -0.39 is 11.2 Å². The van der Waals surface area contributed by atoms with Gasteiger partial charge in [-0.1, -0.05) is 6.07 Å². The van der Waals surface area contributed by atoms with Gasteiger partial charge in [0.25, 0.3) is 0 Å². The molecule has 132 valence electrons. The third-order valence-corrected chi connectivity index (χ3v) is 5.46. The molecule has 1 aromatic heterocycles. The van der Waals surface area contributed by atoms with Gasteiger partial charge in [-0.25, -0.2) is 9.78 Å². The Morgan fingerprint density at radius 3 is 2.75 bits per heavy atom. The standard InChI is InChI=1S/C18H25BrN2O3/c1-16(2,3)24-15(22)21-10-9-17(12-21)7-8-18(23,11-17)13-5-4-6-14(19)20-13/h4-6,23H,7-12H2,1-3H3. The number of halogens is 1.